The van der Waals surface area contributed by atoms with Crippen molar-refractivity contribution in [3.8, 4) is 0 Å². The number of unbranched alkanes of at least 4 members (excludes halogenated alkanes) is 1. The zero-order valence-electron chi connectivity index (χ0n) is 9.80. The molecule has 1 aromatic rings. The third-order valence-corrected chi connectivity index (χ3v) is 2.20. The third-order valence-electron chi connectivity index (χ3n) is 2.20. The highest BCUT2D eigenvalue weighted by molar-refractivity contribution is 5.94. The lowest BCUT2D eigenvalue weighted by Crippen LogP contribution is -2.18. The first-order valence-corrected chi connectivity index (χ1v) is 5.37. The quantitative estimate of drug-likeness (QED) is 0.606. The van der Waals surface area contributed by atoms with Crippen molar-refractivity contribution in [3.63, 3.8) is 0 Å². The molecule has 0 spiro atoms. The van der Waals surface area contributed by atoms with E-state index in [1.54, 1.807) is 0 Å². The summed E-state index contributed by atoms with van der Waals surface area (Å²) in [4.78, 5) is 24.8. The van der Waals surface area contributed by atoms with E-state index in [0.29, 0.717) is 0 Å². The topological polar surface area (TPSA) is 71.2 Å². The number of esters is 1. The average Bonchev–Trinajstić information content (AvgIpc) is 2.32. The molecular formula is C11H15FN2O3. The zero-order valence-corrected chi connectivity index (χ0v) is 9.80. The van der Waals surface area contributed by atoms with Crippen LogP contribution in [0.4, 0.5) is 10.2 Å². The summed E-state index contributed by atoms with van der Waals surface area (Å²) in [7, 11) is 1.52. The third kappa shape index (κ3) is 3.30. The predicted molar refractivity (Wildman–Crippen MR) is 61.8 cm³/mol. The van der Waals surface area contributed by atoms with Crippen molar-refractivity contribution in [2.45, 2.75) is 19.8 Å². The van der Waals surface area contributed by atoms with Gasteiger partial charge in [0.15, 0.2) is 5.82 Å². The first kappa shape index (κ1) is 13.2. The number of carbonyl (C=O) groups excluding carboxylic acids is 1. The molecule has 0 saturated heterocycles. The van der Waals surface area contributed by atoms with Crippen LogP contribution in [-0.4, -0.2) is 24.6 Å². The highest BCUT2D eigenvalue weighted by Crippen LogP contribution is 2.12. The normalized spacial score (nSPS) is 10.1. The van der Waals surface area contributed by atoms with E-state index < -0.39 is 17.3 Å². The minimum atomic E-state index is -1.01. The van der Waals surface area contributed by atoms with Crippen LogP contribution in [0.1, 0.15) is 30.1 Å². The molecule has 0 saturated carbocycles. The van der Waals surface area contributed by atoms with Crippen molar-refractivity contribution in [1.82, 2.24) is 4.98 Å². The number of carbonyl (C=O) groups is 1. The lowest BCUT2D eigenvalue weighted by Gasteiger charge is -2.08. The highest BCUT2D eigenvalue weighted by atomic mass is 19.1. The van der Waals surface area contributed by atoms with Crippen LogP contribution < -0.4 is 10.9 Å². The SMILES string of the molecule is CCCCOC(=O)c1cc(F)c(=O)[nH]c1NC. The summed E-state index contributed by atoms with van der Waals surface area (Å²) in [5.41, 5.74) is -0.889. The second-order valence-corrected chi connectivity index (χ2v) is 3.47. The fourth-order valence-corrected chi connectivity index (χ4v) is 1.25. The summed E-state index contributed by atoms with van der Waals surface area (Å²) in [6.45, 7) is 2.24. The van der Waals surface area contributed by atoms with Gasteiger partial charge < -0.3 is 15.0 Å². The van der Waals surface area contributed by atoms with Gasteiger partial charge in [0.25, 0.3) is 5.56 Å². The van der Waals surface area contributed by atoms with Gasteiger partial charge in [0, 0.05) is 7.05 Å². The molecule has 0 atom stereocenters. The van der Waals surface area contributed by atoms with Crippen LogP contribution in [-0.2, 0) is 4.74 Å². The summed E-state index contributed by atoms with van der Waals surface area (Å²) in [5.74, 6) is -1.51. The second kappa shape index (κ2) is 6.03. The summed E-state index contributed by atoms with van der Waals surface area (Å²) in [6.07, 6.45) is 1.64. The summed E-state index contributed by atoms with van der Waals surface area (Å²) in [6, 6.07) is 0.874. The van der Waals surface area contributed by atoms with Crippen LogP contribution in [0, 0.1) is 5.82 Å². The number of aromatic nitrogens is 1. The minimum Gasteiger partial charge on any atom is -0.462 e. The number of anilines is 1. The number of hydrogen-bond acceptors (Lipinski definition) is 4. The number of nitrogens with one attached hydrogen (secondary N) is 2. The Labute approximate surface area is 98.0 Å². The first-order valence-electron chi connectivity index (χ1n) is 5.37. The molecule has 6 heteroatoms. The van der Waals surface area contributed by atoms with Gasteiger partial charge in [-0.1, -0.05) is 13.3 Å². The molecule has 1 rings (SSSR count). The van der Waals surface area contributed by atoms with Gasteiger partial charge in [0.1, 0.15) is 11.4 Å². The Morgan fingerprint density at radius 1 is 1.59 bits per heavy atom. The monoisotopic (exact) mass is 242 g/mol. The van der Waals surface area contributed by atoms with Gasteiger partial charge in [-0.2, -0.15) is 0 Å². The van der Waals surface area contributed by atoms with Crippen LogP contribution in [0.15, 0.2) is 10.9 Å². The first-order chi connectivity index (χ1) is 8.10. The molecule has 0 bridgehead atoms. The Bertz CT molecular complexity index is 457. The summed E-state index contributed by atoms with van der Waals surface area (Å²) in [5, 5.41) is 2.61. The second-order valence-electron chi connectivity index (χ2n) is 3.47. The molecule has 0 aliphatic carbocycles. The Morgan fingerprint density at radius 2 is 2.29 bits per heavy atom. The Balaban J connectivity index is 2.92. The maximum absolute atomic E-state index is 13.1. The molecular weight excluding hydrogens is 227 g/mol. The Kier molecular flexibility index (Phi) is 4.68. The van der Waals surface area contributed by atoms with Crippen molar-refractivity contribution in [2.24, 2.45) is 0 Å². The highest BCUT2D eigenvalue weighted by Gasteiger charge is 2.15. The van der Waals surface area contributed by atoms with E-state index in [1.165, 1.54) is 7.05 Å². The van der Waals surface area contributed by atoms with Crippen LogP contribution in [0.3, 0.4) is 0 Å². The van der Waals surface area contributed by atoms with Crippen LogP contribution in [0.5, 0.6) is 0 Å². The molecule has 5 nitrogen and oxygen atoms in total. The minimum absolute atomic E-state index is 0.0132. The molecule has 94 valence electrons. The van der Waals surface area contributed by atoms with Crippen LogP contribution >= 0.6 is 0 Å². The van der Waals surface area contributed by atoms with E-state index in [2.05, 4.69) is 10.3 Å². The van der Waals surface area contributed by atoms with Crippen molar-refractivity contribution < 1.29 is 13.9 Å². The maximum atomic E-state index is 13.1. The number of pyridine rings is 1. The predicted octanol–water partition coefficient (Wildman–Crippen LogP) is 1.51. The van der Waals surface area contributed by atoms with Crippen LogP contribution in [0.2, 0.25) is 0 Å². The van der Waals surface area contributed by atoms with Crippen molar-refractivity contribution >= 4 is 11.8 Å². The molecule has 1 aromatic heterocycles. The van der Waals surface area contributed by atoms with E-state index in [-0.39, 0.29) is 18.0 Å². The Hall–Kier alpha value is -1.85. The number of halogens is 1. The number of rotatable bonds is 5. The van der Waals surface area contributed by atoms with Gasteiger partial charge in [-0.25, -0.2) is 9.18 Å². The smallest absolute Gasteiger partial charge is 0.341 e. The fourth-order valence-electron chi connectivity index (χ4n) is 1.25. The Morgan fingerprint density at radius 3 is 2.88 bits per heavy atom. The van der Waals surface area contributed by atoms with Gasteiger partial charge in [-0.3, -0.25) is 4.79 Å². The molecule has 2 N–H and O–H groups in total. The molecule has 0 unspecified atom stereocenters. The lowest BCUT2D eigenvalue weighted by molar-refractivity contribution is 0.0500. The van der Waals surface area contributed by atoms with E-state index in [9.17, 15) is 14.0 Å². The molecule has 0 fully saturated rings. The van der Waals surface area contributed by atoms with Crippen LogP contribution in [0.25, 0.3) is 0 Å². The van der Waals surface area contributed by atoms with Crippen molar-refractivity contribution in [2.75, 3.05) is 19.0 Å². The summed E-state index contributed by atoms with van der Waals surface area (Å²) >= 11 is 0. The van der Waals surface area contributed by atoms with Gasteiger partial charge >= 0.3 is 5.97 Å². The van der Waals surface area contributed by atoms with Crippen molar-refractivity contribution in [1.29, 1.82) is 0 Å². The number of aromatic amines is 1. The van der Waals surface area contributed by atoms with Gasteiger partial charge in [0.05, 0.1) is 6.61 Å². The van der Waals surface area contributed by atoms with E-state index in [0.717, 1.165) is 18.9 Å². The maximum Gasteiger partial charge on any atom is 0.341 e. The number of hydrogen-bond donors (Lipinski definition) is 2. The fraction of sp³-hybridized carbons (Fsp3) is 0.455. The standard InChI is InChI=1S/C11H15FN2O3/c1-3-4-5-17-11(16)7-6-8(12)10(15)14-9(7)13-2/h6H,3-5H2,1-2H3,(H2,13,14,15). The largest absolute Gasteiger partial charge is 0.462 e. The van der Waals surface area contributed by atoms with Gasteiger partial charge in [0.2, 0.25) is 0 Å². The molecule has 1 heterocycles. The number of ether oxygens (including phenoxy) is 1. The van der Waals surface area contributed by atoms with E-state index >= 15 is 0 Å². The van der Waals surface area contributed by atoms with Crippen molar-refractivity contribution in [3.05, 3.63) is 27.8 Å². The average molecular weight is 242 g/mol. The van der Waals surface area contributed by atoms with Gasteiger partial charge in [-0.05, 0) is 12.5 Å². The molecule has 17 heavy (non-hydrogen) atoms. The lowest BCUT2D eigenvalue weighted by atomic mass is 10.2. The molecule has 0 aliphatic rings. The van der Waals surface area contributed by atoms with E-state index in [1.807, 2.05) is 6.92 Å². The van der Waals surface area contributed by atoms with E-state index in [4.69, 9.17) is 4.74 Å². The number of H-pyrrole nitrogens is 1. The molecule has 0 amide bonds. The zero-order chi connectivity index (χ0) is 12.8. The molecule has 0 aromatic carbocycles. The molecule has 0 aliphatic heterocycles. The summed E-state index contributed by atoms with van der Waals surface area (Å²) < 4.78 is 18.0. The molecule has 0 radical (unpaired) electrons. The van der Waals surface area contributed by atoms with Gasteiger partial charge in [-0.15, -0.1) is 0 Å².